The van der Waals surface area contributed by atoms with Crippen LogP contribution in [0.15, 0.2) is 48.5 Å². The molecule has 31 heavy (non-hydrogen) atoms. The van der Waals surface area contributed by atoms with Gasteiger partial charge < -0.3 is 5.32 Å². The molecule has 0 radical (unpaired) electrons. The quantitative estimate of drug-likeness (QED) is 0.602. The van der Waals surface area contributed by atoms with Gasteiger partial charge in [-0.15, -0.1) is 0 Å². The van der Waals surface area contributed by atoms with Crippen LogP contribution < -0.4 is 5.32 Å². The molecule has 3 aromatic rings. The Labute approximate surface area is 186 Å². The maximum atomic E-state index is 5.30. The molecular formula is C27H34N4. The summed E-state index contributed by atoms with van der Waals surface area (Å²) in [5, 5.41) is 9.03. The average molecular weight is 415 g/mol. The van der Waals surface area contributed by atoms with Crippen molar-refractivity contribution < 1.29 is 0 Å². The summed E-state index contributed by atoms with van der Waals surface area (Å²) in [6.07, 6.45) is 6.09. The van der Waals surface area contributed by atoms with Crippen LogP contribution >= 0.6 is 0 Å². The second-order valence-corrected chi connectivity index (χ2v) is 9.36. The van der Waals surface area contributed by atoms with Gasteiger partial charge in [0.05, 0.1) is 11.4 Å². The highest BCUT2D eigenvalue weighted by Gasteiger charge is 2.29. The minimum absolute atomic E-state index is 0.512. The lowest BCUT2D eigenvalue weighted by Gasteiger charge is -2.32. The molecule has 162 valence electrons. The Morgan fingerprint density at radius 1 is 1.03 bits per heavy atom. The highest BCUT2D eigenvalue weighted by atomic mass is 15.3. The zero-order valence-corrected chi connectivity index (χ0v) is 18.9. The first-order valence-electron chi connectivity index (χ1n) is 11.9. The summed E-state index contributed by atoms with van der Waals surface area (Å²) in [6.45, 7) is 8.72. The Hall–Kier alpha value is -2.59. The fourth-order valence-corrected chi connectivity index (χ4v) is 5.24. The lowest BCUT2D eigenvalue weighted by Crippen LogP contribution is -2.34. The van der Waals surface area contributed by atoms with E-state index in [0.29, 0.717) is 5.92 Å². The van der Waals surface area contributed by atoms with E-state index in [0.717, 1.165) is 26.1 Å². The van der Waals surface area contributed by atoms with Gasteiger partial charge in [-0.1, -0.05) is 42.5 Å². The van der Waals surface area contributed by atoms with E-state index in [9.17, 15) is 0 Å². The van der Waals surface area contributed by atoms with Crippen molar-refractivity contribution in [2.75, 3.05) is 25.0 Å². The number of aromatic nitrogens is 2. The molecule has 0 amide bonds. The first-order chi connectivity index (χ1) is 15.2. The van der Waals surface area contributed by atoms with Crippen molar-refractivity contribution in [1.82, 2.24) is 14.7 Å². The number of benzene rings is 2. The van der Waals surface area contributed by atoms with Crippen LogP contribution in [0.25, 0.3) is 5.69 Å². The third kappa shape index (κ3) is 4.27. The average Bonchev–Trinajstić information content (AvgIpc) is 2.97. The molecule has 1 fully saturated rings. The van der Waals surface area contributed by atoms with E-state index in [1.807, 2.05) is 0 Å². The fourth-order valence-electron chi connectivity index (χ4n) is 5.24. The van der Waals surface area contributed by atoms with Crippen LogP contribution in [-0.2, 0) is 13.0 Å². The molecule has 2 aliphatic rings. The van der Waals surface area contributed by atoms with E-state index in [4.69, 9.17) is 5.10 Å². The summed E-state index contributed by atoms with van der Waals surface area (Å²) in [4.78, 5) is 2.62. The molecule has 2 aromatic carbocycles. The van der Waals surface area contributed by atoms with Crippen molar-refractivity contribution >= 4 is 5.82 Å². The zero-order chi connectivity index (χ0) is 21.2. The van der Waals surface area contributed by atoms with Crippen molar-refractivity contribution in [3.63, 3.8) is 0 Å². The molecule has 1 aromatic heterocycles. The second-order valence-electron chi connectivity index (χ2n) is 9.36. The fraction of sp³-hybridized carbons (Fsp3) is 0.444. The molecule has 1 unspecified atom stereocenters. The predicted octanol–water partition coefficient (Wildman–Crippen LogP) is 5.62. The van der Waals surface area contributed by atoms with E-state index < -0.39 is 0 Å². The van der Waals surface area contributed by atoms with Crippen LogP contribution in [0, 0.1) is 13.8 Å². The number of hydrogen-bond acceptors (Lipinski definition) is 3. The van der Waals surface area contributed by atoms with E-state index in [1.165, 1.54) is 71.7 Å². The van der Waals surface area contributed by atoms with E-state index >= 15 is 0 Å². The van der Waals surface area contributed by atoms with Gasteiger partial charge in [0.25, 0.3) is 0 Å². The zero-order valence-electron chi connectivity index (χ0n) is 18.9. The van der Waals surface area contributed by atoms with Crippen molar-refractivity contribution in [2.24, 2.45) is 0 Å². The lowest BCUT2D eigenvalue weighted by atomic mass is 9.91. The molecule has 1 N–H and O–H groups in total. The largest absolute Gasteiger partial charge is 0.370 e. The Morgan fingerprint density at radius 3 is 2.77 bits per heavy atom. The smallest absolute Gasteiger partial charge is 0.133 e. The summed E-state index contributed by atoms with van der Waals surface area (Å²) in [6, 6.07) is 17.6. The molecule has 2 aliphatic heterocycles. The molecule has 0 bridgehead atoms. The van der Waals surface area contributed by atoms with E-state index in [2.05, 4.69) is 77.3 Å². The van der Waals surface area contributed by atoms with Gasteiger partial charge in [0.2, 0.25) is 0 Å². The van der Waals surface area contributed by atoms with E-state index in [-0.39, 0.29) is 0 Å². The number of hydrogen-bond donors (Lipinski definition) is 1. The molecule has 1 atom stereocenters. The Morgan fingerprint density at radius 2 is 1.90 bits per heavy atom. The molecule has 4 heteroatoms. The third-order valence-corrected chi connectivity index (χ3v) is 6.89. The first kappa shape index (κ1) is 20.3. The summed E-state index contributed by atoms with van der Waals surface area (Å²) < 4.78 is 2.22. The number of nitrogens with zero attached hydrogens (tertiary/aromatic N) is 3. The molecule has 0 aliphatic carbocycles. The standard InChI is InChI=1S/C27H34N4/c1-20-13-14-21(2)25(17-20)31-27-24(12-6-7-15-28-27)26(29-31)23-11-8-16-30(19-23)18-22-9-4-3-5-10-22/h3-5,9-10,13-14,17,23,28H,6-8,11-12,15-16,18-19H2,1-2H3. The number of piperidine rings is 1. The van der Waals surface area contributed by atoms with Crippen LogP contribution in [0.2, 0.25) is 0 Å². The highest BCUT2D eigenvalue weighted by Crippen LogP contribution is 2.36. The summed E-state index contributed by atoms with van der Waals surface area (Å²) in [5.41, 5.74) is 7.99. The molecule has 5 rings (SSSR count). The first-order valence-corrected chi connectivity index (χ1v) is 11.9. The maximum absolute atomic E-state index is 5.30. The van der Waals surface area contributed by atoms with Crippen molar-refractivity contribution in [2.45, 2.75) is 58.4 Å². The maximum Gasteiger partial charge on any atom is 0.133 e. The van der Waals surface area contributed by atoms with Crippen molar-refractivity contribution in [1.29, 1.82) is 0 Å². The summed E-state index contributed by atoms with van der Waals surface area (Å²) in [7, 11) is 0. The number of aryl methyl sites for hydroxylation is 2. The minimum atomic E-state index is 0.512. The predicted molar refractivity (Wildman–Crippen MR) is 128 cm³/mol. The van der Waals surface area contributed by atoms with Crippen molar-refractivity contribution in [3.8, 4) is 5.69 Å². The molecule has 1 saturated heterocycles. The summed E-state index contributed by atoms with van der Waals surface area (Å²) >= 11 is 0. The number of rotatable bonds is 4. The molecule has 3 heterocycles. The second kappa shape index (κ2) is 8.88. The van der Waals surface area contributed by atoms with Gasteiger partial charge in [0, 0.05) is 31.1 Å². The van der Waals surface area contributed by atoms with Crippen LogP contribution in [-0.4, -0.2) is 34.3 Å². The highest BCUT2D eigenvalue weighted by molar-refractivity contribution is 5.57. The van der Waals surface area contributed by atoms with Gasteiger partial charge in [0.1, 0.15) is 5.82 Å². The number of fused-ring (bicyclic) bond motifs is 1. The molecule has 0 saturated carbocycles. The monoisotopic (exact) mass is 414 g/mol. The molecule has 4 nitrogen and oxygen atoms in total. The Kier molecular flexibility index (Phi) is 5.82. The Balaban J connectivity index is 1.48. The van der Waals surface area contributed by atoms with Crippen LogP contribution in [0.5, 0.6) is 0 Å². The number of likely N-dealkylation sites (tertiary alicyclic amines) is 1. The van der Waals surface area contributed by atoms with Crippen LogP contribution in [0.1, 0.15) is 59.5 Å². The van der Waals surface area contributed by atoms with Gasteiger partial charge in [-0.25, -0.2) is 4.68 Å². The topological polar surface area (TPSA) is 33.1 Å². The molecular weight excluding hydrogens is 380 g/mol. The van der Waals surface area contributed by atoms with Gasteiger partial charge in [-0.05, 0) is 75.3 Å². The van der Waals surface area contributed by atoms with Crippen molar-refractivity contribution in [3.05, 3.63) is 76.5 Å². The van der Waals surface area contributed by atoms with Gasteiger partial charge in [-0.2, -0.15) is 5.10 Å². The lowest BCUT2D eigenvalue weighted by molar-refractivity contribution is 0.198. The van der Waals surface area contributed by atoms with Crippen LogP contribution in [0.3, 0.4) is 0 Å². The number of anilines is 1. The van der Waals surface area contributed by atoms with Crippen LogP contribution in [0.4, 0.5) is 5.82 Å². The number of nitrogens with one attached hydrogen (secondary N) is 1. The van der Waals surface area contributed by atoms with Gasteiger partial charge in [0.15, 0.2) is 0 Å². The van der Waals surface area contributed by atoms with Gasteiger partial charge >= 0.3 is 0 Å². The minimum Gasteiger partial charge on any atom is -0.370 e. The van der Waals surface area contributed by atoms with E-state index in [1.54, 1.807) is 0 Å². The molecule has 0 spiro atoms. The summed E-state index contributed by atoms with van der Waals surface area (Å²) in [5.74, 6) is 1.75. The normalized spacial score (nSPS) is 19.5. The third-order valence-electron chi connectivity index (χ3n) is 6.89. The van der Waals surface area contributed by atoms with Gasteiger partial charge in [-0.3, -0.25) is 4.90 Å². The Bertz CT molecular complexity index is 1040. The SMILES string of the molecule is Cc1ccc(C)c(-n2nc(C3CCCN(Cc4ccccc4)C3)c3c2NCCCC3)c1.